The van der Waals surface area contributed by atoms with Gasteiger partial charge >= 0.3 is 0 Å². The summed E-state index contributed by atoms with van der Waals surface area (Å²) >= 11 is 6.55. The molecule has 2 heterocycles. The molecule has 0 aliphatic rings. The van der Waals surface area contributed by atoms with Gasteiger partial charge in [0, 0.05) is 25.0 Å². The van der Waals surface area contributed by atoms with Gasteiger partial charge in [0.25, 0.3) is 0 Å². The summed E-state index contributed by atoms with van der Waals surface area (Å²) in [5.41, 5.74) is 0. The highest BCUT2D eigenvalue weighted by Gasteiger charge is 2.09. The highest BCUT2D eigenvalue weighted by molar-refractivity contribution is 7.99. The first-order valence-electron chi connectivity index (χ1n) is 6.99. The predicted molar refractivity (Wildman–Crippen MR) is 93.8 cm³/mol. The van der Waals surface area contributed by atoms with Gasteiger partial charge in [0.05, 0.1) is 7.11 Å². The molecule has 122 valence electrons. The van der Waals surface area contributed by atoms with Gasteiger partial charge in [-0.3, -0.25) is 0 Å². The van der Waals surface area contributed by atoms with Crippen LogP contribution in [0.3, 0.4) is 0 Å². The number of ether oxygens (including phenoxy) is 1. The zero-order valence-corrected chi connectivity index (χ0v) is 14.7. The van der Waals surface area contributed by atoms with Gasteiger partial charge in [-0.1, -0.05) is 13.8 Å². The Morgan fingerprint density at radius 3 is 2.70 bits per heavy atom. The number of thiocarbonyl (C=S) groups is 1. The van der Waals surface area contributed by atoms with E-state index in [4.69, 9.17) is 17.0 Å². The minimum Gasteiger partial charge on any atom is -0.481 e. The second-order valence-corrected chi connectivity index (χ2v) is 6.33. The summed E-state index contributed by atoms with van der Waals surface area (Å²) in [6.45, 7) is 4.98. The van der Waals surface area contributed by atoms with Crippen molar-refractivity contribution in [2.24, 2.45) is 5.92 Å². The molecule has 9 heteroatoms. The molecule has 0 spiro atoms. The Labute approximate surface area is 144 Å². The normalized spacial score (nSPS) is 10.4. The molecule has 0 aromatic carbocycles. The van der Waals surface area contributed by atoms with E-state index >= 15 is 0 Å². The molecule has 2 aromatic heterocycles. The molecule has 7 nitrogen and oxygen atoms in total. The van der Waals surface area contributed by atoms with Crippen molar-refractivity contribution in [2.45, 2.75) is 24.0 Å². The smallest absolute Gasteiger partial charge is 0.233 e. The topological polar surface area (TPSA) is 84.9 Å². The van der Waals surface area contributed by atoms with Crippen LogP contribution in [0.25, 0.3) is 0 Å². The SMILES string of the molecule is COc1cc(Sc2ncccn2)nc(NC(=S)NCC(C)C)n1. The summed E-state index contributed by atoms with van der Waals surface area (Å²) < 4.78 is 5.20. The molecule has 23 heavy (non-hydrogen) atoms. The summed E-state index contributed by atoms with van der Waals surface area (Å²) in [5.74, 6) is 1.29. The zero-order valence-electron chi connectivity index (χ0n) is 13.1. The molecular formula is C14H18N6OS2. The monoisotopic (exact) mass is 350 g/mol. The van der Waals surface area contributed by atoms with Crippen LogP contribution in [-0.4, -0.2) is 38.7 Å². The molecule has 2 aromatic rings. The summed E-state index contributed by atoms with van der Waals surface area (Å²) in [6.07, 6.45) is 3.36. The van der Waals surface area contributed by atoms with Gasteiger partial charge in [-0.05, 0) is 36.0 Å². The van der Waals surface area contributed by atoms with E-state index in [0.29, 0.717) is 33.0 Å². The minimum absolute atomic E-state index is 0.365. The molecule has 0 aliphatic heterocycles. The van der Waals surface area contributed by atoms with Gasteiger partial charge < -0.3 is 15.4 Å². The van der Waals surface area contributed by atoms with E-state index in [2.05, 4.69) is 44.4 Å². The minimum atomic E-state index is 0.365. The van der Waals surface area contributed by atoms with E-state index < -0.39 is 0 Å². The van der Waals surface area contributed by atoms with Crippen molar-refractivity contribution in [1.82, 2.24) is 25.3 Å². The number of rotatable bonds is 6. The molecular weight excluding hydrogens is 332 g/mol. The lowest BCUT2D eigenvalue weighted by Crippen LogP contribution is -2.32. The van der Waals surface area contributed by atoms with Gasteiger partial charge in [-0.2, -0.15) is 4.98 Å². The Kier molecular flexibility index (Phi) is 6.48. The van der Waals surface area contributed by atoms with Gasteiger partial charge in [0.2, 0.25) is 11.8 Å². The van der Waals surface area contributed by atoms with Crippen LogP contribution in [0.2, 0.25) is 0 Å². The fraction of sp³-hybridized carbons (Fsp3) is 0.357. The third-order valence-corrected chi connectivity index (χ3v) is 3.58. The maximum atomic E-state index is 5.23. The summed E-state index contributed by atoms with van der Waals surface area (Å²) in [4.78, 5) is 17.0. The zero-order chi connectivity index (χ0) is 16.7. The number of hydrogen-bond donors (Lipinski definition) is 2. The highest BCUT2D eigenvalue weighted by atomic mass is 32.2. The third kappa shape index (κ3) is 5.95. The fourth-order valence-electron chi connectivity index (χ4n) is 1.49. The van der Waals surface area contributed by atoms with E-state index in [0.717, 1.165) is 6.54 Å². The molecule has 0 amide bonds. The quantitative estimate of drug-likeness (QED) is 0.463. The number of nitrogens with zero attached hydrogens (tertiary/aromatic N) is 4. The molecule has 0 saturated carbocycles. The van der Waals surface area contributed by atoms with Crippen molar-refractivity contribution in [1.29, 1.82) is 0 Å². The van der Waals surface area contributed by atoms with Gasteiger partial charge in [0.15, 0.2) is 10.3 Å². The Hall–Kier alpha value is -2.00. The standard InChI is InChI=1S/C14H18N6OS2/c1-9(2)8-17-13(22)20-12-18-10(21-3)7-11(19-12)23-14-15-5-4-6-16-14/h4-7,9H,8H2,1-3H3,(H2,17,18,19,20,22). The fourth-order valence-corrected chi connectivity index (χ4v) is 2.37. The third-order valence-electron chi connectivity index (χ3n) is 2.52. The molecule has 0 aliphatic carbocycles. The Morgan fingerprint density at radius 2 is 2.04 bits per heavy atom. The van der Waals surface area contributed by atoms with Crippen LogP contribution in [0.4, 0.5) is 5.95 Å². The Balaban J connectivity index is 2.10. The van der Waals surface area contributed by atoms with Gasteiger partial charge in [-0.25, -0.2) is 15.0 Å². The van der Waals surface area contributed by atoms with E-state index in [1.165, 1.54) is 11.8 Å². The maximum absolute atomic E-state index is 5.23. The molecule has 2 rings (SSSR count). The van der Waals surface area contributed by atoms with Crippen LogP contribution >= 0.6 is 24.0 Å². The second kappa shape index (κ2) is 8.59. The van der Waals surface area contributed by atoms with Crippen molar-refractivity contribution in [3.8, 4) is 5.88 Å². The van der Waals surface area contributed by atoms with Crippen molar-refractivity contribution in [3.63, 3.8) is 0 Å². The number of aromatic nitrogens is 4. The Bertz CT molecular complexity index is 653. The molecule has 0 bridgehead atoms. The van der Waals surface area contributed by atoms with E-state index in [1.54, 1.807) is 31.6 Å². The van der Waals surface area contributed by atoms with E-state index in [-0.39, 0.29) is 0 Å². The highest BCUT2D eigenvalue weighted by Crippen LogP contribution is 2.25. The van der Waals surface area contributed by atoms with Crippen molar-refractivity contribution < 1.29 is 4.74 Å². The summed E-state index contributed by atoms with van der Waals surface area (Å²) in [5, 5.41) is 7.80. The average Bonchev–Trinajstić information content (AvgIpc) is 2.53. The largest absolute Gasteiger partial charge is 0.481 e. The van der Waals surface area contributed by atoms with Gasteiger partial charge in [-0.15, -0.1) is 0 Å². The number of methoxy groups -OCH3 is 1. The first kappa shape index (κ1) is 17.4. The maximum Gasteiger partial charge on any atom is 0.233 e. The van der Waals surface area contributed by atoms with Crippen LogP contribution in [0, 0.1) is 5.92 Å². The first-order valence-corrected chi connectivity index (χ1v) is 8.22. The Morgan fingerprint density at radius 1 is 1.30 bits per heavy atom. The molecule has 0 saturated heterocycles. The van der Waals surface area contributed by atoms with Crippen molar-refractivity contribution in [2.75, 3.05) is 19.0 Å². The lowest BCUT2D eigenvalue weighted by atomic mass is 10.2. The lowest BCUT2D eigenvalue weighted by Gasteiger charge is -2.12. The predicted octanol–water partition coefficient (Wildman–Crippen LogP) is 2.37. The number of anilines is 1. The van der Waals surface area contributed by atoms with Crippen LogP contribution in [0.15, 0.2) is 34.7 Å². The molecule has 2 N–H and O–H groups in total. The first-order chi connectivity index (χ1) is 11.1. The van der Waals surface area contributed by atoms with E-state index in [9.17, 15) is 0 Å². The number of hydrogen-bond acceptors (Lipinski definition) is 7. The molecule has 0 atom stereocenters. The van der Waals surface area contributed by atoms with Crippen LogP contribution < -0.4 is 15.4 Å². The molecule has 0 unspecified atom stereocenters. The number of nitrogens with one attached hydrogen (secondary N) is 2. The van der Waals surface area contributed by atoms with Crippen molar-refractivity contribution >= 4 is 35.0 Å². The second-order valence-electron chi connectivity index (χ2n) is 4.93. The summed E-state index contributed by atoms with van der Waals surface area (Å²) in [6, 6.07) is 3.48. The van der Waals surface area contributed by atoms with Crippen LogP contribution in [-0.2, 0) is 0 Å². The average molecular weight is 350 g/mol. The van der Waals surface area contributed by atoms with Crippen molar-refractivity contribution in [3.05, 3.63) is 24.5 Å². The lowest BCUT2D eigenvalue weighted by molar-refractivity contribution is 0.396. The van der Waals surface area contributed by atoms with Crippen LogP contribution in [0.5, 0.6) is 5.88 Å². The molecule has 0 fully saturated rings. The van der Waals surface area contributed by atoms with Crippen LogP contribution in [0.1, 0.15) is 13.8 Å². The molecule has 0 radical (unpaired) electrons. The van der Waals surface area contributed by atoms with Gasteiger partial charge in [0.1, 0.15) is 5.03 Å². The summed E-state index contributed by atoms with van der Waals surface area (Å²) in [7, 11) is 1.55. The van der Waals surface area contributed by atoms with E-state index in [1.807, 2.05) is 0 Å².